The fourth-order valence-corrected chi connectivity index (χ4v) is 6.14. The van der Waals surface area contributed by atoms with E-state index in [1.54, 1.807) is 17.8 Å². The maximum atomic E-state index is 14.6. The van der Waals surface area contributed by atoms with Gasteiger partial charge in [-0.15, -0.1) is 0 Å². The molecule has 0 unspecified atom stereocenters. The Balaban J connectivity index is 1.48. The molecule has 2 aliphatic rings. The quantitative estimate of drug-likeness (QED) is 0.433. The Morgan fingerprint density at radius 3 is 2.46 bits per heavy atom. The van der Waals surface area contributed by atoms with E-state index in [2.05, 4.69) is 4.98 Å². The summed E-state index contributed by atoms with van der Waals surface area (Å²) >= 11 is 0. The Hall–Kier alpha value is -3.87. The number of hydrogen-bond acceptors (Lipinski definition) is 5. The lowest BCUT2D eigenvalue weighted by Crippen LogP contribution is -2.40. The molecule has 0 radical (unpaired) electrons. The molecule has 1 aliphatic carbocycles. The summed E-state index contributed by atoms with van der Waals surface area (Å²) in [5.74, 6) is -0.931. The van der Waals surface area contributed by atoms with E-state index in [0.29, 0.717) is 31.5 Å². The second kappa shape index (κ2) is 10.4. The highest BCUT2D eigenvalue weighted by atomic mass is 19.4. The Bertz CT molecular complexity index is 1470. The number of alkyl halides is 3. The van der Waals surface area contributed by atoms with Crippen LogP contribution in [-0.4, -0.2) is 44.3 Å². The molecule has 0 spiro atoms. The van der Waals surface area contributed by atoms with Crippen LogP contribution < -0.4 is 0 Å². The van der Waals surface area contributed by atoms with E-state index in [9.17, 15) is 27.9 Å². The minimum atomic E-state index is -4.75. The maximum absolute atomic E-state index is 14.6. The third-order valence-electron chi connectivity index (χ3n) is 8.05. The third-order valence-corrected chi connectivity index (χ3v) is 8.05. The number of nitriles is 1. The van der Waals surface area contributed by atoms with Crippen molar-refractivity contribution in [3.05, 3.63) is 58.4 Å². The lowest BCUT2D eigenvalue weighted by Gasteiger charge is -2.33. The summed E-state index contributed by atoms with van der Waals surface area (Å²) in [4.78, 5) is 32.0. The molecule has 2 aromatic heterocycles. The minimum absolute atomic E-state index is 0.00973. The number of phenols is 1. The van der Waals surface area contributed by atoms with Gasteiger partial charge in [0.1, 0.15) is 11.4 Å². The number of pyridine rings is 1. The molecule has 2 fully saturated rings. The Morgan fingerprint density at radius 1 is 1.13 bits per heavy atom. The molecule has 1 N–H and O–H groups in total. The molecule has 5 rings (SSSR count). The Kier molecular flexibility index (Phi) is 7.10. The molecule has 0 bridgehead atoms. The Morgan fingerprint density at radius 2 is 1.82 bits per heavy atom. The second-order valence-electron chi connectivity index (χ2n) is 10.6. The van der Waals surface area contributed by atoms with Gasteiger partial charge in [-0.05, 0) is 60.9 Å². The number of aryl methyl sites for hydroxylation is 1. The largest absolute Gasteiger partial charge is 0.508 e. The number of aromatic nitrogens is 2. The smallest absolute Gasteiger partial charge is 0.417 e. The normalized spacial score (nSPS) is 17.1. The number of Topliss-reactive ketones (excluding diaryl/α,β-unsaturated/α-hetero) is 1. The first kappa shape index (κ1) is 26.7. The zero-order chi connectivity index (χ0) is 27.9. The number of nitrogens with zero attached hydrogens (tertiary/aromatic N) is 4. The fourth-order valence-electron chi connectivity index (χ4n) is 6.14. The number of halogens is 3. The number of amides is 1. The number of benzene rings is 1. The number of fused-ring (bicyclic) bond motifs is 1. The number of phenolic OH excluding ortho intramolecular Hbond substituents is 1. The van der Waals surface area contributed by atoms with Gasteiger partial charge in [0.05, 0.1) is 17.2 Å². The van der Waals surface area contributed by atoms with Crippen LogP contribution in [0.5, 0.6) is 5.75 Å². The molecule has 10 heteroatoms. The van der Waals surface area contributed by atoms with Crippen LogP contribution in [0.4, 0.5) is 13.2 Å². The first-order valence-corrected chi connectivity index (χ1v) is 13.2. The van der Waals surface area contributed by atoms with Gasteiger partial charge in [0.25, 0.3) is 0 Å². The lowest BCUT2D eigenvalue weighted by molar-refractivity contribution is -0.137. The summed E-state index contributed by atoms with van der Waals surface area (Å²) in [5, 5.41) is 19.0. The van der Waals surface area contributed by atoms with E-state index in [4.69, 9.17) is 5.26 Å². The van der Waals surface area contributed by atoms with Gasteiger partial charge in [-0.25, -0.2) is 4.98 Å². The van der Waals surface area contributed by atoms with Gasteiger partial charge in [-0.3, -0.25) is 9.59 Å². The van der Waals surface area contributed by atoms with Crippen molar-refractivity contribution in [3.63, 3.8) is 0 Å². The van der Waals surface area contributed by atoms with E-state index in [1.165, 1.54) is 12.1 Å². The van der Waals surface area contributed by atoms with Gasteiger partial charge in [0.2, 0.25) is 5.91 Å². The van der Waals surface area contributed by atoms with Crippen LogP contribution in [0.1, 0.15) is 77.1 Å². The van der Waals surface area contributed by atoms with Crippen LogP contribution in [0.2, 0.25) is 0 Å². The summed E-state index contributed by atoms with van der Waals surface area (Å²) in [6, 6.07) is 5.38. The zero-order valence-electron chi connectivity index (χ0n) is 21.6. The van der Waals surface area contributed by atoms with Crippen LogP contribution in [0, 0.1) is 17.2 Å². The number of likely N-dealkylation sites (tertiary alicyclic amines) is 1. The van der Waals surface area contributed by atoms with Crippen molar-refractivity contribution in [1.82, 2.24) is 14.5 Å². The zero-order valence-corrected chi connectivity index (χ0v) is 21.6. The predicted octanol–water partition coefficient (Wildman–Crippen LogP) is 5.49. The summed E-state index contributed by atoms with van der Waals surface area (Å²) in [5.41, 5.74) is -0.455. The number of piperidine rings is 1. The van der Waals surface area contributed by atoms with Gasteiger partial charge < -0.3 is 14.6 Å². The van der Waals surface area contributed by atoms with Crippen molar-refractivity contribution < 1.29 is 27.9 Å². The first-order valence-electron chi connectivity index (χ1n) is 13.2. The first-order chi connectivity index (χ1) is 18.6. The molecule has 1 aliphatic heterocycles. The number of ketones is 1. The van der Waals surface area contributed by atoms with E-state index >= 15 is 0 Å². The SMILES string of the molecule is Cn1cc(C2CCN(C(=O)C3CCCC3)CC2)c2c(C(F)(F)F)c(CC(=O)c3cc(O)cc(C#N)c3)cnc21. The average molecular weight is 539 g/mol. The molecule has 3 heterocycles. The van der Waals surface area contributed by atoms with Crippen molar-refractivity contribution in [2.24, 2.45) is 13.0 Å². The third kappa shape index (κ3) is 5.22. The summed E-state index contributed by atoms with van der Waals surface area (Å²) in [7, 11) is 1.65. The molecule has 204 valence electrons. The highest BCUT2D eigenvalue weighted by molar-refractivity contribution is 5.99. The number of hydrogen-bond donors (Lipinski definition) is 1. The summed E-state index contributed by atoms with van der Waals surface area (Å²) in [6.07, 6.45) is 2.48. The second-order valence-corrected chi connectivity index (χ2v) is 10.6. The van der Waals surface area contributed by atoms with Crippen LogP contribution in [-0.2, 0) is 24.4 Å². The number of carbonyl (C=O) groups excluding carboxylic acids is 2. The van der Waals surface area contributed by atoms with Crippen molar-refractivity contribution in [2.75, 3.05) is 13.1 Å². The monoisotopic (exact) mass is 538 g/mol. The van der Waals surface area contributed by atoms with Gasteiger partial charge in [0, 0.05) is 55.8 Å². The van der Waals surface area contributed by atoms with Crippen molar-refractivity contribution in [1.29, 1.82) is 5.26 Å². The van der Waals surface area contributed by atoms with Crippen LogP contribution >= 0.6 is 0 Å². The summed E-state index contributed by atoms with van der Waals surface area (Å²) < 4.78 is 45.5. The van der Waals surface area contributed by atoms with Crippen molar-refractivity contribution >= 4 is 22.7 Å². The molecule has 1 saturated heterocycles. The lowest BCUT2D eigenvalue weighted by atomic mass is 9.86. The topological polar surface area (TPSA) is 99.2 Å². The molecule has 1 aromatic carbocycles. The van der Waals surface area contributed by atoms with Crippen molar-refractivity contribution in [2.45, 2.75) is 57.0 Å². The highest BCUT2D eigenvalue weighted by Crippen LogP contribution is 2.43. The van der Waals surface area contributed by atoms with Gasteiger partial charge in [-0.2, -0.15) is 18.4 Å². The minimum Gasteiger partial charge on any atom is -0.508 e. The molecule has 0 atom stereocenters. The average Bonchev–Trinajstić information content (AvgIpc) is 3.56. The van der Waals surface area contributed by atoms with Crippen LogP contribution in [0.25, 0.3) is 11.0 Å². The van der Waals surface area contributed by atoms with E-state index in [1.807, 2.05) is 11.0 Å². The van der Waals surface area contributed by atoms with E-state index < -0.39 is 23.9 Å². The molecule has 3 aromatic rings. The Labute approximate surface area is 223 Å². The van der Waals surface area contributed by atoms with Crippen molar-refractivity contribution in [3.8, 4) is 11.8 Å². The van der Waals surface area contributed by atoms with Gasteiger partial charge in [-0.1, -0.05) is 12.8 Å². The number of aromatic hydroxyl groups is 1. The molecular weight excluding hydrogens is 509 g/mol. The number of rotatable bonds is 5. The standard InChI is InChI=1S/C29H29F3N4O3/c1-35-16-23(18-6-8-36(9-7-18)28(39)19-4-2-3-5-19)25-26(29(30,31)32)21(15-34-27(25)35)13-24(38)20-10-17(14-33)11-22(37)12-20/h10-12,15-16,18-19,37H,2-9,13H2,1H3. The van der Waals surface area contributed by atoms with Crippen LogP contribution in [0.15, 0.2) is 30.6 Å². The molecule has 7 nitrogen and oxygen atoms in total. The predicted molar refractivity (Wildman–Crippen MR) is 137 cm³/mol. The van der Waals surface area contributed by atoms with Gasteiger partial charge in [0.15, 0.2) is 5.78 Å². The molecular formula is C29H29F3N4O3. The fraction of sp³-hybridized carbons (Fsp3) is 0.448. The van der Waals surface area contributed by atoms with E-state index in [0.717, 1.165) is 37.9 Å². The van der Waals surface area contributed by atoms with E-state index in [-0.39, 0.29) is 51.2 Å². The highest BCUT2D eigenvalue weighted by Gasteiger charge is 2.39. The van der Waals surface area contributed by atoms with Gasteiger partial charge >= 0.3 is 6.18 Å². The molecule has 1 amide bonds. The van der Waals surface area contributed by atoms with Crippen LogP contribution in [0.3, 0.4) is 0 Å². The maximum Gasteiger partial charge on any atom is 0.417 e. The summed E-state index contributed by atoms with van der Waals surface area (Å²) in [6.45, 7) is 1.00. The molecule has 1 saturated carbocycles. The number of carbonyl (C=O) groups is 2. The molecule has 39 heavy (non-hydrogen) atoms.